The smallest absolute Gasteiger partial charge is 0.129 e. The van der Waals surface area contributed by atoms with E-state index >= 15 is 0 Å². The first-order chi connectivity index (χ1) is 26.2. The number of nitrogens with zero attached hydrogens (tertiary/aromatic N) is 4. The molecular formula is C46H32IrN4O-2. The molecule has 4 aromatic heterocycles. The van der Waals surface area contributed by atoms with E-state index in [-0.39, 0.29) is 25.7 Å². The van der Waals surface area contributed by atoms with Gasteiger partial charge in [-0.1, -0.05) is 89.8 Å². The summed E-state index contributed by atoms with van der Waals surface area (Å²) in [4.78, 5) is 14.0. The molecule has 10 rings (SSSR count). The van der Waals surface area contributed by atoms with Gasteiger partial charge < -0.3 is 14.0 Å². The molecule has 10 aromatic rings. The molecule has 0 aliphatic heterocycles. The third-order valence-corrected chi connectivity index (χ3v) is 9.24. The van der Waals surface area contributed by atoms with E-state index in [0.29, 0.717) is 0 Å². The van der Waals surface area contributed by atoms with Gasteiger partial charge in [0.15, 0.2) is 0 Å². The molecule has 6 heteroatoms. The average molecular weight is 852 g/mol. The fourth-order valence-electron chi connectivity index (χ4n) is 6.94. The van der Waals surface area contributed by atoms with Gasteiger partial charge in [0.05, 0.1) is 28.1 Å². The third-order valence-electron chi connectivity index (χ3n) is 9.24. The van der Waals surface area contributed by atoms with Gasteiger partial charge in [0.2, 0.25) is 0 Å². The molecular weight excluding hydrogens is 817 g/mol. The van der Waals surface area contributed by atoms with Crippen LogP contribution in [0, 0.1) is 32.8 Å². The fourth-order valence-corrected chi connectivity index (χ4v) is 6.94. The molecule has 0 N–H and O–H groups in total. The van der Waals surface area contributed by atoms with Crippen LogP contribution in [0.15, 0.2) is 144 Å². The van der Waals surface area contributed by atoms with E-state index in [4.69, 9.17) is 18.5 Å². The van der Waals surface area contributed by atoms with Gasteiger partial charge in [-0.3, -0.25) is 9.97 Å². The molecule has 0 fully saturated rings. The summed E-state index contributed by atoms with van der Waals surface area (Å²) in [5.41, 5.74) is 9.18. The van der Waals surface area contributed by atoms with Crippen LogP contribution in [0.1, 0.15) is 21.1 Å². The van der Waals surface area contributed by atoms with Crippen LogP contribution in [-0.2, 0) is 20.1 Å². The van der Waals surface area contributed by atoms with Crippen molar-refractivity contribution in [3.05, 3.63) is 169 Å². The first-order valence-electron chi connectivity index (χ1n) is 18.3. The zero-order valence-corrected chi connectivity index (χ0v) is 30.7. The van der Waals surface area contributed by atoms with Crippen LogP contribution in [0.2, 0.25) is 0 Å². The Balaban J connectivity index is 0.000000212. The maximum Gasteiger partial charge on any atom is 0.129 e. The zero-order valence-electron chi connectivity index (χ0n) is 31.3. The number of imidazole rings is 1. The number of pyridine rings is 2. The predicted molar refractivity (Wildman–Crippen MR) is 208 cm³/mol. The van der Waals surface area contributed by atoms with Gasteiger partial charge >= 0.3 is 0 Å². The number of rotatable bonds is 3. The molecule has 0 aliphatic carbocycles. The molecule has 5 nitrogen and oxygen atoms in total. The summed E-state index contributed by atoms with van der Waals surface area (Å²) in [5, 5.41) is 6.83. The van der Waals surface area contributed by atoms with Crippen molar-refractivity contribution in [2.75, 3.05) is 0 Å². The Kier molecular flexibility index (Phi) is 7.81. The summed E-state index contributed by atoms with van der Waals surface area (Å²) in [5.74, 6) is 0.792. The van der Waals surface area contributed by atoms with Crippen LogP contribution in [-0.4, -0.2) is 19.5 Å². The Morgan fingerprint density at radius 3 is 2.29 bits per heavy atom. The molecule has 0 saturated heterocycles. The second-order valence-corrected chi connectivity index (χ2v) is 12.6. The molecule has 0 bridgehead atoms. The summed E-state index contributed by atoms with van der Waals surface area (Å²) in [6.07, 6.45) is 1.39. The predicted octanol–water partition coefficient (Wildman–Crippen LogP) is 11.6. The van der Waals surface area contributed by atoms with Gasteiger partial charge in [-0.2, -0.15) is 0 Å². The topological polar surface area (TPSA) is 56.7 Å². The first kappa shape index (κ1) is 29.8. The van der Waals surface area contributed by atoms with Gasteiger partial charge in [-0.25, -0.2) is 0 Å². The molecule has 0 aliphatic rings. The minimum absolute atomic E-state index is 0. The number of furan rings is 1. The van der Waals surface area contributed by atoms with Crippen molar-refractivity contribution in [3.8, 4) is 28.3 Å². The Bertz CT molecular complexity index is 2990. The normalized spacial score (nSPS) is 12.3. The van der Waals surface area contributed by atoms with Crippen LogP contribution < -0.4 is 0 Å². The standard InChI is InChI=1S/C34H22N3O.C12H10N.Ir/c1-20-19-29-31(21(2)35-20)36-34(37(29)24-10-4-3-5-11-24)28-14-8-13-26-27-18-17-23-16-15-22-9-6-7-12-25(22)30(23)33(27)38-32(26)28;1-10-7-8-12(13-9-10)11-5-3-2-4-6-11;/h3-13,15-19H,1-2H3;2-5,7-9H,1H3;/q2*-1;/i;1D3;. The number of hydrogen-bond donors (Lipinski definition) is 0. The van der Waals surface area contributed by atoms with Gasteiger partial charge in [0.1, 0.15) is 5.58 Å². The van der Waals surface area contributed by atoms with Crippen molar-refractivity contribution in [2.45, 2.75) is 20.7 Å². The van der Waals surface area contributed by atoms with E-state index in [9.17, 15) is 0 Å². The van der Waals surface area contributed by atoms with Gasteiger partial charge in [0, 0.05) is 52.6 Å². The Morgan fingerprint density at radius 1 is 0.692 bits per heavy atom. The maximum atomic E-state index is 7.23. The number of aryl methyl sites for hydroxylation is 3. The number of hydrogen-bond acceptors (Lipinski definition) is 4. The van der Waals surface area contributed by atoms with Crippen LogP contribution in [0.3, 0.4) is 0 Å². The molecule has 253 valence electrons. The van der Waals surface area contributed by atoms with Crippen molar-refractivity contribution >= 4 is 54.5 Å². The number of para-hydroxylation sites is 1. The van der Waals surface area contributed by atoms with Gasteiger partial charge in [0.25, 0.3) is 0 Å². The van der Waals surface area contributed by atoms with E-state index in [1.807, 2.05) is 44.2 Å². The molecule has 52 heavy (non-hydrogen) atoms. The van der Waals surface area contributed by atoms with Crippen LogP contribution in [0.5, 0.6) is 0 Å². The summed E-state index contributed by atoms with van der Waals surface area (Å²) >= 11 is 0. The van der Waals surface area contributed by atoms with E-state index in [1.165, 1.54) is 17.0 Å². The minimum atomic E-state index is -2.09. The fraction of sp³-hybridized carbons (Fsp3) is 0.0652. The monoisotopic (exact) mass is 852 g/mol. The first-order valence-corrected chi connectivity index (χ1v) is 16.8. The minimum Gasteiger partial charge on any atom is -0.500 e. The van der Waals surface area contributed by atoms with E-state index in [0.717, 1.165) is 83.5 Å². The molecule has 0 unspecified atom stereocenters. The second-order valence-electron chi connectivity index (χ2n) is 12.6. The van der Waals surface area contributed by atoms with Crippen molar-refractivity contribution in [1.82, 2.24) is 19.5 Å². The Hall–Kier alpha value is -5.94. The zero-order chi connectivity index (χ0) is 37.0. The summed E-state index contributed by atoms with van der Waals surface area (Å²) in [7, 11) is 0. The van der Waals surface area contributed by atoms with Gasteiger partial charge in [-0.05, 0) is 66.3 Å². The summed E-state index contributed by atoms with van der Waals surface area (Å²) < 4.78 is 30.7. The molecule has 1 radical (unpaired) electrons. The molecule has 0 saturated carbocycles. The summed E-state index contributed by atoms with van der Waals surface area (Å²) in [6.45, 7) is 1.95. The van der Waals surface area contributed by atoms with Crippen LogP contribution in [0.25, 0.3) is 82.8 Å². The molecule has 4 heterocycles. The maximum absolute atomic E-state index is 7.23. The van der Waals surface area contributed by atoms with Crippen LogP contribution in [0.4, 0.5) is 0 Å². The third kappa shape index (κ3) is 5.76. The van der Waals surface area contributed by atoms with Crippen molar-refractivity contribution in [3.63, 3.8) is 0 Å². The molecule has 0 amide bonds. The van der Waals surface area contributed by atoms with Crippen molar-refractivity contribution in [1.29, 1.82) is 0 Å². The van der Waals surface area contributed by atoms with E-state index in [1.54, 1.807) is 18.2 Å². The second kappa shape index (κ2) is 13.6. The van der Waals surface area contributed by atoms with Crippen LogP contribution >= 0.6 is 0 Å². The van der Waals surface area contributed by atoms with E-state index in [2.05, 4.69) is 107 Å². The Labute approximate surface area is 319 Å². The molecule has 0 spiro atoms. The molecule has 0 atom stereocenters. The average Bonchev–Trinajstić information content (AvgIpc) is 3.78. The summed E-state index contributed by atoms with van der Waals surface area (Å²) in [6, 6.07) is 50.9. The van der Waals surface area contributed by atoms with Crippen molar-refractivity contribution in [2.24, 2.45) is 0 Å². The number of fused-ring (bicyclic) bond motifs is 8. The largest absolute Gasteiger partial charge is 0.500 e. The van der Waals surface area contributed by atoms with Crippen molar-refractivity contribution < 1.29 is 28.6 Å². The Morgan fingerprint density at radius 2 is 1.48 bits per heavy atom. The quantitative estimate of drug-likeness (QED) is 0.131. The number of benzene rings is 6. The molecule has 6 aromatic carbocycles. The number of aromatic nitrogens is 4. The van der Waals surface area contributed by atoms with E-state index < -0.39 is 6.85 Å². The SMILES string of the molecule is Cc1cc2c(nc(-c3[c-]ccc4c3oc3c4ccc4ccc5ccccc5c43)n2-c2ccccc2)c(C)n1.[2H]C([2H])([2H])c1ccc(-c2[c-]cccc2)nc1.[Ir]. The van der Waals surface area contributed by atoms with Gasteiger partial charge in [-0.15, -0.1) is 54.1 Å².